The summed E-state index contributed by atoms with van der Waals surface area (Å²) in [6.07, 6.45) is 1.59. The summed E-state index contributed by atoms with van der Waals surface area (Å²) < 4.78 is 0. The first-order valence-corrected chi connectivity index (χ1v) is 6.16. The maximum Gasteiger partial charge on any atom is 0.322 e. The van der Waals surface area contributed by atoms with Crippen LogP contribution in [0.2, 0.25) is 0 Å². The van der Waals surface area contributed by atoms with Crippen LogP contribution in [0.25, 0.3) is 0 Å². The average molecular weight is 255 g/mol. The number of carboxylic acid groups (broad SMARTS) is 1. The second-order valence-corrected chi connectivity index (χ2v) is 4.74. The number of Topliss-reactive ketones (excluding diaryl/α,β-unsaturated/α-hetero) is 1. The number of hydrogen-bond acceptors (Lipinski definition) is 6. The second kappa shape index (κ2) is 5.35. The Balaban J connectivity index is 1.91. The van der Waals surface area contributed by atoms with E-state index in [0.717, 1.165) is 0 Å². The van der Waals surface area contributed by atoms with Crippen molar-refractivity contribution in [3.05, 3.63) is 16.6 Å². The van der Waals surface area contributed by atoms with Gasteiger partial charge in [0.1, 0.15) is 6.04 Å². The predicted molar refractivity (Wildman–Crippen MR) is 62.3 cm³/mol. The van der Waals surface area contributed by atoms with Crippen LogP contribution in [0.15, 0.2) is 11.6 Å². The summed E-state index contributed by atoms with van der Waals surface area (Å²) in [5.41, 5.74) is 0. The van der Waals surface area contributed by atoms with Crippen LogP contribution >= 0.6 is 11.3 Å². The van der Waals surface area contributed by atoms with Gasteiger partial charge < -0.3 is 10.4 Å². The largest absolute Gasteiger partial charge is 0.480 e. The fourth-order valence-corrected chi connectivity index (χ4v) is 2.32. The van der Waals surface area contributed by atoms with Crippen LogP contribution in [-0.2, 0) is 4.79 Å². The molecule has 0 radical (unpaired) electrons. The fourth-order valence-electron chi connectivity index (χ4n) is 1.75. The van der Waals surface area contributed by atoms with Crippen molar-refractivity contribution in [2.75, 3.05) is 26.2 Å². The van der Waals surface area contributed by atoms with E-state index >= 15 is 0 Å². The van der Waals surface area contributed by atoms with Crippen LogP contribution in [0.4, 0.5) is 0 Å². The lowest BCUT2D eigenvalue weighted by Crippen LogP contribution is -2.55. The Morgan fingerprint density at radius 3 is 3.12 bits per heavy atom. The molecule has 0 amide bonds. The zero-order chi connectivity index (χ0) is 12.3. The molecule has 1 aromatic rings. The molecule has 0 aromatic carbocycles. The van der Waals surface area contributed by atoms with E-state index in [1.165, 1.54) is 11.3 Å². The molecule has 0 spiro atoms. The van der Waals surface area contributed by atoms with Crippen molar-refractivity contribution >= 4 is 23.1 Å². The van der Waals surface area contributed by atoms with E-state index < -0.39 is 12.0 Å². The third kappa shape index (κ3) is 3.09. The maximum atomic E-state index is 11.8. The molecule has 0 bridgehead atoms. The van der Waals surface area contributed by atoms with Crippen LogP contribution in [0.1, 0.15) is 9.80 Å². The molecular weight excluding hydrogens is 242 g/mol. The van der Waals surface area contributed by atoms with Gasteiger partial charge in [-0.25, -0.2) is 4.98 Å². The minimum Gasteiger partial charge on any atom is -0.480 e. The third-order valence-electron chi connectivity index (χ3n) is 2.60. The van der Waals surface area contributed by atoms with E-state index in [9.17, 15) is 9.59 Å². The Labute approximate surface area is 102 Å². The van der Waals surface area contributed by atoms with Crippen molar-refractivity contribution in [2.24, 2.45) is 0 Å². The van der Waals surface area contributed by atoms with Gasteiger partial charge in [-0.1, -0.05) is 0 Å². The van der Waals surface area contributed by atoms with Crippen molar-refractivity contribution in [1.29, 1.82) is 0 Å². The van der Waals surface area contributed by atoms with Crippen molar-refractivity contribution in [2.45, 2.75) is 6.04 Å². The lowest BCUT2D eigenvalue weighted by atomic mass is 10.2. The van der Waals surface area contributed by atoms with Gasteiger partial charge in [-0.2, -0.15) is 0 Å². The highest BCUT2D eigenvalue weighted by Crippen LogP contribution is 2.07. The molecule has 2 heterocycles. The zero-order valence-electron chi connectivity index (χ0n) is 9.13. The molecule has 6 nitrogen and oxygen atoms in total. The molecule has 7 heteroatoms. The van der Waals surface area contributed by atoms with Crippen LogP contribution in [-0.4, -0.2) is 59.0 Å². The highest BCUT2D eigenvalue weighted by atomic mass is 32.1. The molecule has 1 fully saturated rings. The summed E-state index contributed by atoms with van der Waals surface area (Å²) in [5, 5.41) is 14.0. The number of carbonyl (C=O) groups excluding carboxylic acids is 1. The number of aromatic nitrogens is 1. The van der Waals surface area contributed by atoms with Crippen molar-refractivity contribution in [3.8, 4) is 0 Å². The molecule has 0 unspecified atom stereocenters. The number of carboxylic acids is 1. The number of ketones is 1. The highest BCUT2D eigenvalue weighted by molar-refractivity contribution is 7.11. The number of piperazine rings is 1. The standard InChI is InChI=1S/C10H13N3O3S/c14-8(9-12-2-4-17-9)6-13-3-1-11-7(5-13)10(15)16/h2,4,7,11H,1,3,5-6H2,(H,15,16)/t7-/m0/s1. The fraction of sp³-hybridized carbons (Fsp3) is 0.500. The van der Waals surface area contributed by atoms with E-state index in [1.54, 1.807) is 11.6 Å². The number of aliphatic carboxylic acids is 1. The molecule has 1 saturated heterocycles. The Hall–Kier alpha value is -1.31. The first-order chi connectivity index (χ1) is 8.16. The number of nitrogens with zero attached hydrogens (tertiary/aromatic N) is 2. The van der Waals surface area contributed by atoms with E-state index in [4.69, 9.17) is 5.11 Å². The topological polar surface area (TPSA) is 82.5 Å². The molecule has 0 aliphatic carbocycles. The summed E-state index contributed by atoms with van der Waals surface area (Å²) in [5.74, 6) is -0.928. The Kier molecular flexibility index (Phi) is 3.82. The lowest BCUT2D eigenvalue weighted by Gasteiger charge is -2.30. The van der Waals surface area contributed by atoms with E-state index in [2.05, 4.69) is 10.3 Å². The van der Waals surface area contributed by atoms with Gasteiger partial charge in [-0.15, -0.1) is 11.3 Å². The molecule has 1 atom stereocenters. The van der Waals surface area contributed by atoms with Gasteiger partial charge >= 0.3 is 5.97 Å². The highest BCUT2D eigenvalue weighted by Gasteiger charge is 2.26. The molecule has 92 valence electrons. The predicted octanol–water partition coefficient (Wildman–Crippen LogP) is -0.316. The van der Waals surface area contributed by atoms with Gasteiger partial charge in [-0.3, -0.25) is 14.5 Å². The molecule has 17 heavy (non-hydrogen) atoms. The second-order valence-electron chi connectivity index (χ2n) is 3.84. The number of carbonyl (C=O) groups is 2. The number of rotatable bonds is 4. The minimum absolute atomic E-state index is 0.0500. The SMILES string of the molecule is O=C(CN1CCN[C@H](C(=O)O)C1)c1nccs1. The third-order valence-corrected chi connectivity index (χ3v) is 3.41. The molecule has 2 N–H and O–H groups in total. The Morgan fingerprint density at radius 1 is 1.65 bits per heavy atom. The Morgan fingerprint density at radius 2 is 2.47 bits per heavy atom. The van der Waals surface area contributed by atoms with E-state index in [-0.39, 0.29) is 12.3 Å². The van der Waals surface area contributed by atoms with Crippen molar-refractivity contribution < 1.29 is 14.7 Å². The van der Waals surface area contributed by atoms with Crippen LogP contribution < -0.4 is 5.32 Å². The first-order valence-electron chi connectivity index (χ1n) is 5.28. The minimum atomic E-state index is -0.878. The summed E-state index contributed by atoms with van der Waals surface area (Å²) >= 11 is 1.31. The molecule has 1 aliphatic rings. The molecular formula is C10H13N3O3S. The average Bonchev–Trinajstić information content (AvgIpc) is 2.82. The number of hydrogen-bond donors (Lipinski definition) is 2. The molecule has 0 saturated carbocycles. The van der Waals surface area contributed by atoms with Gasteiger partial charge in [0.25, 0.3) is 0 Å². The summed E-state index contributed by atoms with van der Waals surface area (Å²) in [4.78, 5) is 28.4. The van der Waals surface area contributed by atoms with Gasteiger partial charge in [-0.05, 0) is 0 Å². The van der Waals surface area contributed by atoms with Gasteiger partial charge in [0, 0.05) is 31.2 Å². The van der Waals surface area contributed by atoms with Gasteiger partial charge in [0.15, 0.2) is 5.01 Å². The van der Waals surface area contributed by atoms with Gasteiger partial charge in [0.05, 0.1) is 6.54 Å². The van der Waals surface area contributed by atoms with Crippen LogP contribution in [0.5, 0.6) is 0 Å². The maximum absolute atomic E-state index is 11.8. The molecule has 1 aromatic heterocycles. The summed E-state index contributed by atoms with van der Waals surface area (Å²) in [6.45, 7) is 1.86. The quantitative estimate of drug-likeness (QED) is 0.718. The molecule has 2 rings (SSSR count). The normalized spacial score (nSPS) is 21.3. The van der Waals surface area contributed by atoms with Crippen LogP contribution in [0.3, 0.4) is 0 Å². The van der Waals surface area contributed by atoms with Crippen molar-refractivity contribution in [3.63, 3.8) is 0 Å². The Bertz CT molecular complexity index is 407. The molecule has 1 aliphatic heterocycles. The summed E-state index contributed by atoms with van der Waals surface area (Å²) in [7, 11) is 0. The monoisotopic (exact) mass is 255 g/mol. The smallest absolute Gasteiger partial charge is 0.322 e. The first kappa shape index (κ1) is 12.2. The zero-order valence-corrected chi connectivity index (χ0v) is 9.94. The van der Waals surface area contributed by atoms with Gasteiger partial charge in [0.2, 0.25) is 5.78 Å². The van der Waals surface area contributed by atoms with Crippen LogP contribution in [0, 0.1) is 0 Å². The van der Waals surface area contributed by atoms with Crippen molar-refractivity contribution in [1.82, 2.24) is 15.2 Å². The number of nitrogens with one attached hydrogen (secondary N) is 1. The summed E-state index contributed by atoms with van der Waals surface area (Å²) in [6, 6.07) is -0.590. The number of thiazole rings is 1. The van der Waals surface area contributed by atoms with E-state index in [0.29, 0.717) is 24.6 Å². The lowest BCUT2D eigenvalue weighted by molar-refractivity contribution is -0.140. The van der Waals surface area contributed by atoms with E-state index in [1.807, 2.05) is 4.90 Å².